The molecule has 26 heavy (non-hydrogen) atoms. The van der Waals surface area contributed by atoms with E-state index in [9.17, 15) is 4.79 Å². The van der Waals surface area contributed by atoms with Crippen LogP contribution >= 0.6 is 11.6 Å². The Morgan fingerprint density at radius 2 is 2.00 bits per heavy atom. The van der Waals surface area contributed by atoms with Crippen LogP contribution < -0.4 is 10.1 Å². The van der Waals surface area contributed by atoms with Crippen molar-refractivity contribution in [3.05, 3.63) is 70.4 Å². The fraction of sp³-hybridized carbons (Fsp3) is 0.200. The first-order valence-electron chi connectivity index (χ1n) is 8.17. The molecule has 6 heteroatoms. The minimum atomic E-state index is -0.269. The maximum atomic E-state index is 12.9. The fourth-order valence-electron chi connectivity index (χ4n) is 2.74. The van der Waals surface area contributed by atoms with Crippen molar-refractivity contribution in [2.75, 3.05) is 7.11 Å². The van der Waals surface area contributed by atoms with Crippen LogP contribution in [0.1, 0.15) is 34.6 Å². The summed E-state index contributed by atoms with van der Waals surface area (Å²) in [6, 6.07) is 14.6. The average molecular weight is 371 g/mol. The van der Waals surface area contributed by atoms with E-state index in [4.69, 9.17) is 20.9 Å². The van der Waals surface area contributed by atoms with E-state index in [0.717, 1.165) is 11.3 Å². The van der Waals surface area contributed by atoms with Crippen molar-refractivity contribution in [3.8, 4) is 17.0 Å². The lowest BCUT2D eigenvalue weighted by Crippen LogP contribution is -2.27. The molecular weight excluding hydrogens is 352 g/mol. The second-order valence-corrected chi connectivity index (χ2v) is 6.32. The molecule has 1 aromatic heterocycles. The molecule has 1 atom stereocenters. The SMILES string of the molecule is COc1cccc([C@H](C)NC(=O)c2c(-c3ccccc3Cl)noc2C)c1. The van der Waals surface area contributed by atoms with E-state index in [1.165, 1.54) is 0 Å². The van der Waals surface area contributed by atoms with Crippen LogP contribution in [0.2, 0.25) is 5.02 Å². The number of methoxy groups -OCH3 is 1. The van der Waals surface area contributed by atoms with Crippen molar-refractivity contribution in [2.24, 2.45) is 0 Å². The molecule has 3 aromatic rings. The highest BCUT2D eigenvalue weighted by molar-refractivity contribution is 6.33. The van der Waals surface area contributed by atoms with Crippen LogP contribution in [0.5, 0.6) is 5.75 Å². The van der Waals surface area contributed by atoms with Gasteiger partial charge in [0.15, 0.2) is 0 Å². The molecule has 0 radical (unpaired) electrons. The third-order valence-corrected chi connectivity index (χ3v) is 4.49. The zero-order valence-corrected chi connectivity index (χ0v) is 15.5. The van der Waals surface area contributed by atoms with Gasteiger partial charge in [-0.15, -0.1) is 0 Å². The number of nitrogens with one attached hydrogen (secondary N) is 1. The van der Waals surface area contributed by atoms with Crippen molar-refractivity contribution in [1.82, 2.24) is 10.5 Å². The van der Waals surface area contributed by atoms with Crippen LogP contribution in [-0.4, -0.2) is 18.2 Å². The number of carbonyl (C=O) groups excluding carboxylic acids is 1. The van der Waals surface area contributed by atoms with Gasteiger partial charge in [-0.1, -0.05) is 47.1 Å². The average Bonchev–Trinajstić information content (AvgIpc) is 3.03. The molecule has 0 saturated carbocycles. The van der Waals surface area contributed by atoms with E-state index in [0.29, 0.717) is 27.6 Å². The van der Waals surface area contributed by atoms with Gasteiger partial charge in [0.25, 0.3) is 5.91 Å². The van der Waals surface area contributed by atoms with Gasteiger partial charge in [0.05, 0.1) is 18.2 Å². The van der Waals surface area contributed by atoms with E-state index in [2.05, 4.69) is 10.5 Å². The zero-order valence-electron chi connectivity index (χ0n) is 14.7. The van der Waals surface area contributed by atoms with Crippen LogP contribution in [0.25, 0.3) is 11.3 Å². The lowest BCUT2D eigenvalue weighted by atomic mass is 10.0. The summed E-state index contributed by atoms with van der Waals surface area (Å²) in [5.74, 6) is 0.908. The van der Waals surface area contributed by atoms with Gasteiger partial charge in [-0.25, -0.2) is 0 Å². The first kappa shape index (κ1) is 18.0. The zero-order chi connectivity index (χ0) is 18.7. The van der Waals surface area contributed by atoms with Gasteiger partial charge in [-0.3, -0.25) is 4.79 Å². The number of amides is 1. The second kappa shape index (κ2) is 7.62. The minimum absolute atomic E-state index is 0.217. The summed E-state index contributed by atoms with van der Waals surface area (Å²) in [4.78, 5) is 12.9. The minimum Gasteiger partial charge on any atom is -0.497 e. The van der Waals surface area contributed by atoms with Crippen LogP contribution in [0.4, 0.5) is 0 Å². The van der Waals surface area contributed by atoms with Crippen molar-refractivity contribution < 1.29 is 14.1 Å². The van der Waals surface area contributed by atoms with Crippen molar-refractivity contribution >= 4 is 17.5 Å². The number of hydrogen-bond acceptors (Lipinski definition) is 4. The number of aryl methyl sites for hydroxylation is 1. The Kier molecular flexibility index (Phi) is 5.28. The number of carbonyl (C=O) groups is 1. The van der Waals surface area contributed by atoms with Crippen LogP contribution in [0, 0.1) is 6.92 Å². The van der Waals surface area contributed by atoms with Crippen LogP contribution in [0.15, 0.2) is 53.1 Å². The topological polar surface area (TPSA) is 64.4 Å². The number of aromatic nitrogens is 1. The molecule has 0 saturated heterocycles. The first-order valence-corrected chi connectivity index (χ1v) is 8.55. The van der Waals surface area contributed by atoms with Gasteiger partial charge in [0.2, 0.25) is 0 Å². The van der Waals surface area contributed by atoms with Gasteiger partial charge in [0.1, 0.15) is 22.8 Å². The molecule has 0 aliphatic carbocycles. The first-order chi connectivity index (χ1) is 12.5. The summed E-state index contributed by atoms with van der Waals surface area (Å²) in [6.45, 7) is 3.61. The largest absolute Gasteiger partial charge is 0.497 e. The Balaban J connectivity index is 1.89. The molecule has 0 spiro atoms. The smallest absolute Gasteiger partial charge is 0.257 e. The standard InChI is InChI=1S/C20H19ClN2O3/c1-12(14-7-6-8-15(11-14)25-3)22-20(24)18-13(2)26-23-19(18)16-9-4-5-10-17(16)21/h4-12H,1-3H3,(H,22,24)/t12-/m0/s1. The van der Waals surface area contributed by atoms with Crippen molar-refractivity contribution in [3.63, 3.8) is 0 Å². The molecule has 0 unspecified atom stereocenters. The van der Waals surface area contributed by atoms with E-state index in [1.54, 1.807) is 20.1 Å². The van der Waals surface area contributed by atoms with Gasteiger partial charge >= 0.3 is 0 Å². The van der Waals surface area contributed by atoms with Crippen LogP contribution in [-0.2, 0) is 0 Å². The molecule has 0 fully saturated rings. The Morgan fingerprint density at radius 3 is 2.73 bits per heavy atom. The molecule has 0 bridgehead atoms. The fourth-order valence-corrected chi connectivity index (χ4v) is 2.96. The van der Waals surface area contributed by atoms with E-state index in [-0.39, 0.29) is 11.9 Å². The van der Waals surface area contributed by atoms with E-state index >= 15 is 0 Å². The molecule has 0 aliphatic heterocycles. The van der Waals surface area contributed by atoms with Gasteiger partial charge in [-0.05, 0) is 37.6 Å². The second-order valence-electron chi connectivity index (χ2n) is 5.91. The number of ether oxygens (including phenoxy) is 1. The van der Waals surface area contributed by atoms with Crippen molar-refractivity contribution in [1.29, 1.82) is 0 Å². The van der Waals surface area contributed by atoms with Gasteiger partial charge in [0, 0.05) is 5.56 Å². The number of rotatable bonds is 5. The Bertz CT molecular complexity index is 936. The quantitative estimate of drug-likeness (QED) is 0.700. The lowest BCUT2D eigenvalue weighted by Gasteiger charge is -2.15. The summed E-state index contributed by atoms with van der Waals surface area (Å²) >= 11 is 6.25. The number of benzene rings is 2. The third-order valence-electron chi connectivity index (χ3n) is 4.16. The van der Waals surface area contributed by atoms with Crippen LogP contribution in [0.3, 0.4) is 0 Å². The van der Waals surface area contributed by atoms with Crippen molar-refractivity contribution in [2.45, 2.75) is 19.9 Å². The highest BCUT2D eigenvalue weighted by Crippen LogP contribution is 2.31. The molecule has 1 amide bonds. The maximum Gasteiger partial charge on any atom is 0.257 e. The molecule has 1 N–H and O–H groups in total. The van der Waals surface area contributed by atoms with Gasteiger partial charge in [-0.2, -0.15) is 0 Å². The summed E-state index contributed by atoms with van der Waals surface area (Å²) in [5.41, 5.74) is 2.41. The maximum absolute atomic E-state index is 12.9. The predicted molar refractivity (Wildman–Crippen MR) is 101 cm³/mol. The third kappa shape index (κ3) is 3.58. The molecule has 2 aromatic carbocycles. The summed E-state index contributed by atoms with van der Waals surface area (Å²) in [6.07, 6.45) is 0. The van der Waals surface area contributed by atoms with Gasteiger partial charge < -0.3 is 14.6 Å². The molecule has 0 aliphatic rings. The monoisotopic (exact) mass is 370 g/mol. The normalized spacial score (nSPS) is 11.8. The molecule has 1 heterocycles. The highest BCUT2D eigenvalue weighted by atomic mass is 35.5. The predicted octanol–water partition coefficient (Wildman–Crippen LogP) is 4.80. The Hall–Kier alpha value is -2.79. The number of nitrogens with zero attached hydrogens (tertiary/aromatic N) is 1. The number of halogens is 1. The highest BCUT2D eigenvalue weighted by Gasteiger charge is 2.24. The number of hydrogen-bond donors (Lipinski definition) is 1. The molecule has 5 nitrogen and oxygen atoms in total. The summed E-state index contributed by atoms with van der Waals surface area (Å²) < 4.78 is 10.5. The van der Waals surface area contributed by atoms with E-state index in [1.807, 2.05) is 49.4 Å². The lowest BCUT2D eigenvalue weighted by molar-refractivity contribution is 0.0939. The molecular formula is C20H19ClN2O3. The summed E-state index contributed by atoms with van der Waals surface area (Å²) in [5, 5.41) is 7.53. The Morgan fingerprint density at radius 1 is 1.23 bits per heavy atom. The van der Waals surface area contributed by atoms with E-state index < -0.39 is 0 Å². The molecule has 134 valence electrons. The Labute approximate surface area is 156 Å². The summed E-state index contributed by atoms with van der Waals surface area (Å²) in [7, 11) is 1.61. The molecule has 3 rings (SSSR count).